The zero-order chi connectivity index (χ0) is 39.2. The molecular weight excluding hydrogens is 681 g/mol. The molecule has 1 aromatic carbocycles. The quantitative estimate of drug-likeness (QED) is 0.124. The lowest BCUT2D eigenvalue weighted by Gasteiger charge is -2.41. The maximum atomic E-state index is 14.5. The Balaban J connectivity index is 1.21. The Morgan fingerprint density at radius 3 is 1.51 bits per heavy atom. The molecule has 0 heterocycles. The summed E-state index contributed by atoms with van der Waals surface area (Å²) < 4.78 is 5.87. The van der Waals surface area contributed by atoms with Crippen molar-refractivity contribution in [1.29, 1.82) is 0 Å². The Morgan fingerprint density at radius 1 is 0.582 bits per heavy atom. The predicted molar refractivity (Wildman–Crippen MR) is 223 cm³/mol. The van der Waals surface area contributed by atoms with Crippen LogP contribution in [0.2, 0.25) is 0 Å². The fourth-order valence-electron chi connectivity index (χ4n) is 12.6. The Morgan fingerprint density at radius 2 is 1.04 bits per heavy atom. The van der Waals surface area contributed by atoms with Crippen LogP contribution in [0, 0.1) is 58.7 Å². The molecule has 0 amide bonds. The van der Waals surface area contributed by atoms with E-state index in [0.717, 1.165) is 102 Å². The van der Waals surface area contributed by atoms with Crippen molar-refractivity contribution in [3.63, 3.8) is 0 Å². The summed E-state index contributed by atoms with van der Waals surface area (Å²) in [6.45, 7) is 9.05. The summed E-state index contributed by atoms with van der Waals surface area (Å²) in [4.78, 5) is 56.1. The number of hydrogen-bond donors (Lipinski definition) is 0. The van der Waals surface area contributed by atoms with Crippen LogP contribution >= 0.6 is 0 Å². The third-order valence-corrected chi connectivity index (χ3v) is 15.8. The van der Waals surface area contributed by atoms with Crippen LogP contribution in [0.25, 0.3) is 0 Å². The first-order valence-corrected chi connectivity index (χ1v) is 23.5. The fourth-order valence-corrected chi connectivity index (χ4v) is 12.6. The van der Waals surface area contributed by atoms with Gasteiger partial charge in [-0.3, -0.25) is 19.2 Å². The van der Waals surface area contributed by atoms with Gasteiger partial charge in [-0.25, -0.2) is 0 Å². The third-order valence-electron chi connectivity index (χ3n) is 15.8. The van der Waals surface area contributed by atoms with Gasteiger partial charge in [-0.05, 0) is 117 Å². The summed E-state index contributed by atoms with van der Waals surface area (Å²) in [5, 5.41) is 0. The molecule has 9 atom stereocenters. The topological polar surface area (TPSA) is 77.5 Å². The summed E-state index contributed by atoms with van der Waals surface area (Å²) >= 11 is 0. The van der Waals surface area contributed by atoms with E-state index in [2.05, 4.69) is 27.7 Å². The monoisotopic (exact) mass is 759 g/mol. The van der Waals surface area contributed by atoms with Gasteiger partial charge in [0.15, 0.2) is 0 Å². The highest BCUT2D eigenvalue weighted by molar-refractivity contribution is 5.84. The molecule has 4 saturated carbocycles. The van der Waals surface area contributed by atoms with E-state index < -0.39 is 0 Å². The second-order valence-corrected chi connectivity index (χ2v) is 18.9. The number of benzene rings is 1. The second kappa shape index (κ2) is 22.0. The maximum Gasteiger partial charge on any atom is 0.309 e. The maximum absolute atomic E-state index is 14.5. The van der Waals surface area contributed by atoms with E-state index in [1.54, 1.807) is 0 Å². The van der Waals surface area contributed by atoms with Crippen LogP contribution in [0.3, 0.4) is 0 Å². The number of ketones is 3. The van der Waals surface area contributed by atoms with Gasteiger partial charge in [0.1, 0.15) is 24.0 Å². The van der Waals surface area contributed by atoms with Crippen molar-refractivity contribution >= 4 is 23.3 Å². The first-order chi connectivity index (χ1) is 26.7. The third kappa shape index (κ3) is 11.9. The standard InChI is InChI=1S/C50H78O5/c1-5-41(44-26-16-13-23-37(44)31-40(51)34-50(8-4)29-19-10-20-30-50)47(52)32-38-24-14-17-27-45(38)42(6-2)48(53)33-39-25-15-18-28-46(39)43(7-3)49(54)55-35-36-21-11-9-12-22-36/h9,11-12,21-22,37-39,41-46H,5-8,10,13-20,23-35H2,1-4H3/t37-,38-,39-,41+,42+,43+,44-,45-,46-/m1/s1. The van der Waals surface area contributed by atoms with Crippen molar-refractivity contribution in [3.05, 3.63) is 35.9 Å². The summed E-state index contributed by atoms with van der Waals surface area (Å²) in [5.74, 6) is 2.55. The number of esters is 1. The highest BCUT2D eigenvalue weighted by Crippen LogP contribution is 2.47. The predicted octanol–water partition coefficient (Wildman–Crippen LogP) is 12.9. The van der Waals surface area contributed by atoms with Gasteiger partial charge in [-0.2, -0.15) is 0 Å². The number of carbonyl (C=O) groups is 4. The number of carbonyl (C=O) groups excluding carboxylic acids is 4. The molecule has 308 valence electrons. The van der Waals surface area contributed by atoms with Gasteiger partial charge < -0.3 is 4.74 Å². The molecule has 0 N–H and O–H groups in total. The lowest BCUT2D eigenvalue weighted by atomic mass is 9.63. The van der Waals surface area contributed by atoms with Crippen LogP contribution in [0.15, 0.2) is 30.3 Å². The molecule has 5 nitrogen and oxygen atoms in total. The molecule has 55 heavy (non-hydrogen) atoms. The summed E-state index contributed by atoms with van der Waals surface area (Å²) in [7, 11) is 0. The minimum Gasteiger partial charge on any atom is -0.461 e. The molecule has 1 aromatic rings. The van der Waals surface area contributed by atoms with Crippen molar-refractivity contribution in [2.75, 3.05) is 0 Å². The number of ether oxygens (including phenoxy) is 1. The van der Waals surface area contributed by atoms with E-state index >= 15 is 0 Å². The molecule has 5 rings (SSSR count). The molecule has 0 bridgehead atoms. The molecule has 0 aromatic heterocycles. The van der Waals surface area contributed by atoms with Gasteiger partial charge in [-0.15, -0.1) is 0 Å². The van der Waals surface area contributed by atoms with Gasteiger partial charge in [0.25, 0.3) is 0 Å². The van der Waals surface area contributed by atoms with Crippen LogP contribution in [0.4, 0.5) is 0 Å². The van der Waals surface area contributed by atoms with E-state index in [-0.39, 0.29) is 52.8 Å². The van der Waals surface area contributed by atoms with Crippen LogP contribution in [-0.2, 0) is 30.5 Å². The Kier molecular flexibility index (Phi) is 17.5. The van der Waals surface area contributed by atoms with Crippen molar-refractivity contribution in [2.24, 2.45) is 58.7 Å². The number of Topliss-reactive ketones (excluding diaryl/α,β-unsaturated/α-hetero) is 3. The molecule has 0 spiro atoms. The van der Waals surface area contributed by atoms with Crippen molar-refractivity contribution in [1.82, 2.24) is 0 Å². The van der Waals surface area contributed by atoms with E-state index in [4.69, 9.17) is 4.74 Å². The number of hydrogen-bond acceptors (Lipinski definition) is 5. The lowest BCUT2D eigenvalue weighted by Crippen LogP contribution is -2.38. The van der Waals surface area contributed by atoms with Gasteiger partial charge in [0.2, 0.25) is 0 Å². The zero-order valence-electron chi connectivity index (χ0n) is 35.5. The molecule has 0 saturated heterocycles. The smallest absolute Gasteiger partial charge is 0.309 e. The van der Waals surface area contributed by atoms with Gasteiger partial charge in [0.05, 0.1) is 5.92 Å². The average molecular weight is 759 g/mol. The second-order valence-electron chi connectivity index (χ2n) is 18.9. The highest BCUT2D eigenvalue weighted by atomic mass is 16.5. The number of rotatable bonds is 20. The van der Waals surface area contributed by atoms with Crippen molar-refractivity contribution in [2.45, 2.75) is 195 Å². The van der Waals surface area contributed by atoms with Crippen LogP contribution < -0.4 is 0 Å². The SMILES string of the molecule is CC[C@H](C(=O)C[C@H]1CCCC[C@H]1[C@H](CC)C(=O)C[C@H]1CCCC[C@H]1[C@H](CC)C(=O)OCc1ccccc1)[C@@H]1CCCC[C@@H]1CC(=O)CC1(CC)CCCCC1. The van der Waals surface area contributed by atoms with Crippen LogP contribution in [0.1, 0.15) is 194 Å². The molecule has 4 aliphatic carbocycles. The Hall–Kier alpha value is -2.30. The van der Waals surface area contributed by atoms with Crippen LogP contribution in [-0.4, -0.2) is 23.3 Å². The van der Waals surface area contributed by atoms with Gasteiger partial charge >= 0.3 is 5.97 Å². The van der Waals surface area contributed by atoms with E-state index in [1.807, 2.05) is 30.3 Å². The molecule has 5 heteroatoms. The average Bonchev–Trinajstić information content (AvgIpc) is 3.20. The van der Waals surface area contributed by atoms with Crippen molar-refractivity contribution in [3.8, 4) is 0 Å². The molecule has 4 fully saturated rings. The summed E-state index contributed by atoms with van der Waals surface area (Å²) in [6, 6.07) is 9.90. The fraction of sp³-hybridized carbons (Fsp3) is 0.800. The van der Waals surface area contributed by atoms with E-state index in [9.17, 15) is 19.2 Å². The molecular formula is C50H78O5. The van der Waals surface area contributed by atoms with E-state index in [0.29, 0.717) is 55.1 Å². The molecule has 0 unspecified atom stereocenters. The van der Waals surface area contributed by atoms with Crippen molar-refractivity contribution < 1.29 is 23.9 Å². The minimum atomic E-state index is -0.174. The van der Waals surface area contributed by atoms with Gasteiger partial charge in [0, 0.05) is 37.5 Å². The summed E-state index contributed by atoms with van der Waals surface area (Å²) in [5.41, 5.74) is 1.22. The summed E-state index contributed by atoms with van der Waals surface area (Å²) in [6.07, 6.45) is 25.4. The lowest BCUT2D eigenvalue weighted by molar-refractivity contribution is -0.154. The first kappa shape index (κ1) is 43.8. The normalized spacial score (nSPS) is 28.7. The largest absolute Gasteiger partial charge is 0.461 e. The zero-order valence-corrected chi connectivity index (χ0v) is 35.5. The highest BCUT2D eigenvalue weighted by Gasteiger charge is 2.43. The van der Waals surface area contributed by atoms with Crippen LogP contribution in [0.5, 0.6) is 0 Å². The Bertz CT molecular complexity index is 1340. The van der Waals surface area contributed by atoms with E-state index in [1.165, 1.54) is 44.9 Å². The Labute approximate surface area is 335 Å². The van der Waals surface area contributed by atoms with Gasteiger partial charge in [-0.1, -0.05) is 122 Å². The molecule has 0 aliphatic heterocycles. The minimum absolute atomic E-state index is 0.0171. The molecule has 0 radical (unpaired) electrons. The molecule has 4 aliphatic rings. The first-order valence-electron chi connectivity index (χ1n) is 23.5.